The summed E-state index contributed by atoms with van der Waals surface area (Å²) in [5.41, 5.74) is 1.15. The summed E-state index contributed by atoms with van der Waals surface area (Å²) in [5, 5.41) is 3.36. The predicted molar refractivity (Wildman–Crippen MR) is 119 cm³/mol. The second kappa shape index (κ2) is 12.1. The number of carbonyl (C=O) groups excluding carboxylic acids is 1. The van der Waals surface area contributed by atoms with Gasteiger partial charge in [0.25, 0.3) is 0 Å². The Morgan fingerprint density at radius 1 is 1.27 bits per heavy atom. The standard InChI is InChI=1S/C20H32N4O.HI/c1-4-21-20(24-14-11-17(2)12-15-24)22-13-10-19(25)23(3)16-18-8-6-5-7-9-18;/h5-9,17H,4,10-16H2,1-3H3,(H,21,22);1H. The van der Waals surface area contributed by atoms with Crippen LogP contribution in [0.3, 0.4) is 0 Å². The number of carbonyl (C=O) groups is 1. The van der Waals surface area contributed by atoms with Gasteiger partial charge in [-0.15, -0.1) is 24.0 Å². The Morgan fingerprint density at radius 2 is 1.92 bits per heavy atom. The van der Waals surface area contributed by atoms with Crippen LogP contribution in [0.1, 0.15) is 38.7 Å². The molecule has 0 atom stereocenters. The number of nitrogens with one attached hydrogen (secondary N) is 1. The van der Waals surface area contributed by atoms with E-state index in [2.05, 4.69) is 29.1 Å². The van der Waals surface area contributed by atoms with Crippen molar-refractivity contribution in [3.05, 3.63) is 35.9 Å². The van der Waals surface area contributed by atoms with Gasteiger partial charge in [-0.3, -0.25) is 9.79 Å². The smallest absolute Gasteiger partial charge is 0.224 e. The van der Waals surface area contributed by atoms with Crippen molar-refractivity contribution in [3.8, 4) is 0 Å². The van der Waals surface area contributed by atoms with Crippen LogP contribution in [0.2, 0.25) is 0 Å². The molecule has 0 aliphatic carbocycles. The molecule has 1 heterocycles. The van der Waals surface area contributed by atoms with Crippen molar-refractivity contribution in [2.45, 2.75) is 39.7 Å². The molecule has 1 aliphatic heterocycles. The highest BCUT2D eigenvalue weighted by Crippen LogP contribution is 2.16. The number of nitrogens with zero attached hydrogens (tertiary/aromatic N) is 3. The predicted octanol–water partition coefficient (Wildman–Crippen LogP) is 3.35. The highest BCUT2D eigenvalue weighted by Gasteiger charge is 2.18. The molecule has 146 valence electrons. The minimum Gasteiger partial charge on any atom is -0.357 e. The molecule has 0 spiro atoms. The zero-order valence-corrected chi connectivity index (χ0v) is 18.6. The summed E-state index contributed by atoms with van der Waals surface area (Å²) in [6.45, 7) is 8.53. The molecule has 5 nitrogen and oxygen atoms in total. The van der Waals surface area contributed by atoms with Crippen LogP contribution in [0.15, 0.2) is 35.3 Å². The van der Waals surface area contributed by atoms with E-state index >= 15 is 0 Å². The lowest BCUT2D eigenvalue weighted by Crippen LogP contribution is -2.45. The Balaban J connectivity index is 0.00000338. The molecule has 1 aliphatic rings. The highest BCUT2D eigenvalue weighted by atomic mass is 127. The molecule has 6 heteroatoms. The van der Waals surface area contributed by atoms with Crippen LogP contribution in [0, 0.1) is 5.92 Å². The van der Waals surface area contributed by atoms with Gasteiger partial charge in [-0.2, -0.15) is 0 Å². The Hall–Kier alpha value is -1.31. The third-order valence-corrected chi connectivity index (χ3v) is 4.69. The molecule has 1 aromatic rings. The quantitative estimate of drug-likeness (QED) is 0.393. The fourth-order valence-electron chi connectivity index (χ4n) is 3.04. The van der Waals surface area contributed by atoms with Gasteiger partial charge < -0.3 is 15.1 Å². The fourth-order valence-corrected chi connectivity index (χ4v) is 3.04. The van der Waals surface area contributed by atoms with Gasteiger partial charge in [0.05, 0.1) is 6.54 Å². The number of piperidine rings is 1. The number of hydrogen-bond acceptors (Lipinski definition) is 2. The maximum atomic E-state index is 12.3. The molecule has 2 rings (SSSR count). The van der Waals surface area contributed by atoms with Crippen molar-refractivity contribution in [1.29, 1.82) is 0 Å². The number of guanidine groups is 1. The maximum Gasteiger partial charge on any atom is 0.224 e. The molecule has 1 saturated heterocycles. The lowest BCUT2D eigenvalue weighted by molar-refractivity contribution is -0.130. The number of halogens is 1. The first-order valence-corrected chi connectivity index (χ1v) is 9.41. The summed E-state index contributed by atoms with van der Waals surface area (Å²) in [6.07, 6.45) is 2.87. The van der Waals surface area contributed by atoms with Crippen molar-refractivity contribution < 1.29 is 4.79 Å². The number of likely N-dealkylation sites (tertiary alicyclic amines) is 1. The van der Waals surface area contributed by atoms with E-state index < -0.39 is 0 Å². The van der Waals surface area contributed by atoms with Crippen LogP contribution in [-0.4, -0.2) is 54.9 Å². The third-order valence-electron chi connectivity index (χ3n) is 4.69. The van der Waals surface area contributed by atoms with Gasteiger partial charge in [0.2, 0.25) is 5.91 Å². The minimum atomic E-state index is 0. The zero-order valence-electron chi connectivity index (χ0n) is 16.3. The Labute approximate surface area is 175 Å². The van der Waals surface area contributed by atoms with Crippen LogP contribution in [0.5, 0.6) is 0 Å². The summed E-state index contributed by atoms with van der Waals surface area (Å²) >= 11 is 0. The molecular weight excluding hydrogens is 439 g/mol. The second-order valence-electron chi connectivity index (χ2n) is 6.89. The SMILES string of the molecule is CCNC(=NCCC(=O)N(C)Cc1ccccc1)N1CCC(C)CC1.I. The van der Waals surface area contributed by atoms with Gasteiger partial charge in [0.15, 0.2) is 5.96 Å². The van der Waals surface area contributed by atoms with Crippen molar-refractivity contribution in [2.24, 2.45) is 10.9 Å². The topological polar surface area (TPSA) is 47.9 Å². The fraction of sp³-hybridized carbons (Fsp3) is 0.600. The number of hydrogen-bond donors (Lipinski definition) is 1. The molecule has 1 N–H and O–H groups in total. The van der Waals surface area contributed by atoms with Gasteiger partial charge in [-0.05, 0) is 31.2 Å². The number of aliphatic imine (C=N–C) groups is 1. The van der Waals surface area contributed by atoms with Crippen LogP contribution >= 0.6 is 24.0 Å². The monoisotopic (exact) mass is 472 g/mol. The molecule has 0 radical (unpaired) electrons. The third kappa shape index (κ3) is 7.51. The van der Waals surface area contributed by atoms with Crippen LogP contribution < -0.4 is 5.32 Å². The largest absolute Gasteiger partial charge is 0.357 e. The van der Waals surface area contributed by atoms with E-state index in [1.807, 2.05) is 37.4 Å². The van der Waals surface area contributed by atoms with Crippen molar-refractivity contribution in [2.75, 3.05) is 33.2 Å². The zero-order chi connectivity index (χ0) is 18.1. The minimum absolute atomic E-state index is 0. The number of rotatable bonds is 6. The average Bonchev–Trinajstić information content (AvgIpc) is 2.62. The molecule has 0 bridgehead atoms. The van der Waals surface area contributed by atoms with E-state index in [9.17, 15) is 4.79 Å². The van der Waals surface area contributed by atoms with Crippen molar-refractivity contribution in [1.82, 2.24) is 15.1 Å². The van der Waals surface area contributed by atoms with E-state index in [-0.39, 0.29) is 29.9 Å². The first-order valence-electron chi connectivity index (χ1n) is 9.41. The molecule has 1 aromatic carbocycles. The lowest BCUT2D eigenvalue weighted by atomic mass is 10.00. The Kier molecular flexibility index (Phi) is 10.6. The van der Waals surface area contributed by atoms with Crippen molar-refractivity contribution >= 4 is 35.8 Å². The summed E-state index contributed by atoms with van der Waals surface area (Å²) in [7, 11) is 1.86. The molecular formula is C20H33IN4O. The first-order chi connectivity index (χ1) is 12.1. The van der Waals surface area contributed by atoms with E-state index in [1.54, 1.807) is 4.90 Å². The van der Waals surface area contributed by atoms with Crippen LogP contribution in [0.25, 0.3) is 0 Å². The molecule has 0 unspecified atom stereocenters. The first kappa shape index (κ1) is 22.7. The lowest BCUT2D eigenvalue weighted by Gasteiger charge is -2.33. The molecule has 0 aromatic heterocycles. The van der Waals surface area contributed by atoms with Crippen LogP contribution in [-0.2, 0) is 11.3 Å². The van der Waals surface area contributed by atoms with Crippen molar-refractivity contribution in [3.63, 3.8) is 0 Å². The van der Waals surface area contributed by atoms with Gasteiger partial charge in [-0.1, -0.05) is 37.3 Å². The molecule has 0 saturated carbocycles. The molecule has 26 heavy (non-hydrogen) atoms. The summed E-state index contributed by atoms with van der Waals surface area (Å²) < 4.78 is 0. The summed E-state index contributed by atoms with van der Waals surface area (Å²) in [5.74, 6) is 1.89. The van der Waals surface area contributed by atoms with Gasteiger partial charge in [0, 0.05) is 39.6 Å². The van der Waals surface area contributed by atoms with Gasteiger partial charge in [-0.25, -0.2) is 0 Å². The van der Waals surface area contributed by atoms with E-state index in [0.29, 0.717) is 19.5 Å². The Morgan fingerprint density at radius 3 is 2.54 bits per heavy atom. The van der Waals surface area contributed by atoms with Gasteiger partial charge in [0.1, 0.15) is 0 Å². The van der Waals surface area contributed by atoms with E-state index in [0.717, 1.165) is 37.1 Å². The van der Waals surface area contributed by atoms with E-state index in [1.165, 1.54) is 12.8 Å². The van der Waals surface area contributed by atoms with Gasteiger partial charge >= 0.3 is 0 Å². The number of benzene rings is 1. The second-order valence-corrected chi connectivity index (χ2v) is 6.89. The Bertz CT molecular complexity index is 556. The highest BCUT2D eigenvalue weighted by molar-refractivity contribution is 14.0. The normalized spacial score (nSPS) is 15.3. The van der Waals surface area contributed by atoms with E-state index in [4.69, 9.17) is 0 Å². The maximum absolute atomic E-state index is 12.3. The molecule has 1 amide bonds. The average molecular weight is 472 g/mol. The molecule has 1 fully saturated rings. The van der Waals surface area contributed by atoms with Crippen LogP contribution in [0.4, 0.5) is 0 Å². The summed E-state index contributed by atoms with van der Waals surface area (Å²) in [6, 6.07) is 10.1. The summed E-state index contributed by atoms with van der Waals surface area (Å²) in [4.78, 5) is 21.1. The number of amides is 1.